The summed E-state index contributed by atoms with van der Waals surface area (Å²) < 4.78 is 27.4. The van der Waals surface area contributed by atoms with Gasteiger partial charge in [0.05, 0.1) is 4.90 Å². The number of carbonyl (C=O) groups is 1. The molecule has 19 heavy (non-hydrogen) atoms. The normalized spacial score (nSPS) is 12.4. The second-order valence-corrected chi connectivity index (χ2v) is 7.24. The SMILES string of the molecule is Cc1cc(Br)c(N)cc1S(=O)(=O)NC(C)(C)C(N)=O. The molecular formula is C11H16BrN3O3S. The van der Waals surface area contributed by atoms with Gasteiger partial charge in [-0.2, -0.15) is 4.72 Å². The van der Waals surface area contributed by atoms with Crippen LogP contribution in [0.4, 0.5) is 5.69 Å². The molecule has 8 heteroatoms. The van der Waals surface area contributed by atoms with E-state index in [0.717, 1.165) is 0 Å². The third-order valence-corrected chi connectivity index (χ3v) is 5.07. The second kappa shape index (κ2) is 5.10. The van der Waals surface area contributed by atoms with Gasteiger partial charge in [0.15, 0.2) is 0 Å². The summed E-state index contributed by atoms with van der Waals surface area (Å²) >= 11 is 3.22. The Labute approximate surface area is 120 Å². The fourth-order valence-electron chi connectivity index (χ4n) is 1.40. The molecule has 1 amide bonds. The highest BCUT2D eigenvalue weighted by Crippen LogP contribution is 2.27. The van der Waals surface area contributed by atoms with Crippen molar-refractivity contribution < 1.29 is 13.2 Å². The quantitative estimate of drug-likeness (QED) is 0.699. The Morgan fingerprint density at radius 2 is 1.89 bits per heavy atom. The summed E-state index contributed by atoms with van der Waals surface area (Å²) in [5.41, 5.74) is 10.2. The number of amides is 1. The van der Waals surface area contributed by atoms with E-state index in [1.165, 1.54) is 19.9 Å². The van der Waals surface area contributed by atoms with Gasteiger partial charge in [-0.05, 0) is 54.4 Å². The molecule has 0 radical (unpaired) electrons. The molecule has 0 spiro atoms. The number of carbonyl (C=O) groups excluding carboxylic acids is 1. The zero-order valence-corrected chi connectivity index (χ0v) is 13.2. The van der Waals surface area contributed by atoms with Crippen LogP contribution in [0.2, 0.25) is 0 Å². The average Bonchev–Trinajstić information content (AvgIpc) is 2.21. The van der Waals surface area contributed by atoms with E-state index in [0.29, 0.717) is 15.7 Å². The molecule has 0 saturated carbocycles. The van der Waals surface area contributed by atoms with Gasteiger partial charge in [-0.25, -0.2) is 8.42 Å². The standard InChI is InChI=1S/C11H16BrN3O3S/c1-6-4-7(12)8(13)5-9(6)19(17,18)15-11(2,3)10(14)16/h4-5,15H,13H2,1-3H3,(H2,14,16). The van der Waals surface area contributed by atoms with Crippen molar-refractivity contribution in [1.82, 2.24) is 4.72 Å². The first kappa shape index (κ1) is 15.9. The lowest BCUT2D eigenvalue weighted by molar-refractivity contribution is -0.122. The maximum absolute atomic E-state index is 12.2. The van der Waals surface area contributed by atoms with Crippen LogP contribution in [0.5, 0.6) is 0 Å². The molecular weight excluding hydrogens is 334 g/mol. The van der Waals surface area contributed by atoms with Crippen LogP contribution in [0, 0.1) is 6.92 Å². The van der Waals surface area contributed by atoms with Crippen molar-refractivity contribution in [3.63, 3.8) is 0 Å². The Balaban J connectivity index is 3.30. The van der Waals surface area contributed by atoms with Crippen molar-refractivity contribution in [2.24, 2.45) is 5.73 Å². The summed E-state index contributed by atoms with van der Waals surface area (Å²) in [5.74, 6) is -0.765. The van der Waals surface area contributed by atoms with E-state index in [1.807, 2.05) is 0 Å². The summed E-state index contributed by atoms with van der Waals surface area (Å²) in [6.07, 6.45) is 0. The van der Waals surface area contributed by atoms with Crippen LogP contribution in [-0.2, 0) is 14.8 Å². The molecule has 6 nitrogen and oxygen atoms in total. The van der Waals surface area contributed by atoms with Crippen molar-refractivity contribution in [2.75, 3.05) is 5.73 Å². The number of nitrogen functional groups attached to an aromatic ring is 1. The van der Waals surface area contributed by atoms with Gasteiger partial charge in [0.2, 0.25) is 15.9 Å². The van der Waals surface area contributed by atoms with Crippen LogP contribution in [0.3, 0.4) is 0 Å². The van der Waals surface area contributed by atoms with Crippen LogP contribution in [0.15, 0.2) is 21.5 Å². The van der Waals surface area contributed by atoms with Gasteiger partial charge in [0, 0.05) is 10.2 Å². The number of hydrogen-bond donors (Lipinski definition) is 3. The molecule has 0 fully saturated rings. The first-order chi connectivity index (χ1) is 8.47. The minimum Gasteiger partial charge on any atom is -0.398 e. The fraction of sp³-hybridized carbons (Fsp3) is 0.364. The lowest BCUT2D eigenvalue weighted by atomic mass is 10.1. The predicted octanol–water partition coefficient (Wildman–Crippen LogP) is 0.882. The number of halogens is 1. The summed E-state index contributed by atoms with van der Waals surface area (Å²) in [6, 6.07) is 2.93. The van der Waals surface area contributed by atoms with Gasteiger partial charge in [-0.1, -0.05) is 0 Å². The molecule has 0 aliphatic rings. The largest absolute Gasteiger partial charge is 0.398 e. The summed E-state index contributed by atoms with van der Waals surface area (Å²) in [4.78, 5) is 11.2. The number of anilines is 1. The van der Waals surface area contributed by atoms with E-state index in [4.69, 9.17) is 11.5 Å². The van der Waals surface area contributed by atoms with Crippen LogP contribution in [-0.4, -0.2) is 19.9 Å². The van der Waals surface area contributed by atoms with E-state index in [2.05, 4.69) is 20.7 Å². The molecule has 0 aliphatic carbocycles. The highest BCUT2D eigenvalue weighted by molar-refractivity contribution is 9.10. The third-order valence-electron chi connectivity index (χ3n) is 2.59. The monoisotopic (exact) mass is 349 g/mol. The molecule has 0 unspecified atom stereocenters. The fourth-order valence-corrected chi connectivity index (χ4v) is 3.50. The molecule has 0 bridgehead atoms. The number of hydrogen-bond acceptors (Lipinski definition) is 4. The Kier molecular flexibility index (Phi) is 4.28. The van der Waals surface area contributed by atoms with Crippen LogP contribution >= 0.6 is 15.9 Å². The van der Waals surface area contributed by atoms with Gasteiger partial charge in [0.1, 0.15) is 5.54 Å². The smallest absolute Gasteiger partial charge is 0.241 e. The molecule has 0 aliphatic heterocycles. The number of sulfonamides is 1. The maximum atomic E-state index is 12.2. The maximum Gasteiger partial charge on any atom is 0.241 e. The summed E-state index contributed by atoms with van der Waals surface area (Å²) in [5, 5.41) is 0. The highest BCUT2D eigenvalue weighted by atomic mass is 79.9. The van der Waals surface area contributed by atoms with E-state index in [1.54, 1.807) is 13.0 Å². The molecule has 0 aromatic heterocycles. The molecule has 0 saturated heterocycles. The molecule has 1 aromatic rings. The van der Waals surface area contributed by atoms with Crippen LogP contribution in [0.1, 0.15) is 19.4 Å². The lowest BCUT2D eigenvalue weighted by Crippen LogP contribution is -2.52. The van der Waals surface area contributed by atoms with E-state index in [9.17, 15) is 13.2 Å². The Morgan fingerprint density at radius 3 is 2.37 bits per heavy atom. The first-order valence-corrected chi connectivity index (χ1v) is 7.64. The van der Waals surface area contributed by atoms with Gasteiger partial charge in [0.25, 0.3) is 0 Å². The number of benzene rings is 1. The number of rotatable bonds is 4. The highest BCUT2D eigenvalue weighted by Gasteiger charge is 2.32. The molecule has 1 aromatic carbocycles. The average molecular weight is 350 g/mol. The number of aryl methyl sites for hydroxylation is 1. The Bertz CT molecular complexity index is 626. The zero-order valence-electron chi connectivity index (χ0n) is 10.8. The zero-order chi connectivity index (χ0) is 15.0. The van der Waals surface area contributed by atoms with Gasteiger partial charge < -0.3 is 11.5 Å². The minimum absolute atomic E-state index is 0.0162. The van der Waals surface area contributed by atoms with E-state index >= 15 is 0 Å². The molecule has 5 N–H and O–H groups in total. The molecule has 0 atom stereocenters. The number of nitrogens with one attached hydrogen (secondary N) is 1. The number of nitrogens with two attached hydrogens (primary N) is 2. The van der Waals surface area contributed by atoms with Crippen molar-refractivity contribution in [2.45, 2.75) is 31.2 Å². The minimum atomic E-state index is -3.88. The number of primary amides is 1. The van der Waals surface area contributed by atoms with Gasteiger partial charge in [-0.3, -0.25) is 4.79 Å². The van der Waals surface area contributed by atoms with Crippen LogP contribution < -0.4 is 16.2 Å². The summed E-state index contributed by atoms with van der Waals surface area (Å²) in [6.45, 7) is 4.42. The van der Waals surface area contributed by atoms with Crippen molar-refractivity contribution in [3.05, 3.63) is 22.2 Å². The molecule has 0 heterocycles. The van der Waals surface area contributed by atoms with Gasteiger partial charge >= 0.3 is 0 Å². The predicted molar refractivity (Wildman–Crippen MR) is 76.9 cm³/mol. The molecule has 106 valence electrons. The van der Waals surface area contributed by atoms with E-state index in [-0.39, 0.29) is 4.90 Å². The Morgan fingerprint density at radius 1 is 1.37 bits per heavy atom. The van der Waals surface area contributed by atoms with Gasteiger partial charge in [-0.15, -0.1) is 0 Å². The first-order valence-electron chi connectivity index (χ1n) is 5.37. The van der Waals surface area contributed by atoms with Crippen molar-refractivity contribution in [3.8, 4) is 0 Å². The van der Waals surface area contributed by atoms with Crippen molar-refractivity contribution >= 4 is 37.5 Å². The van der Waals surface area contributed by atoms with E-state index < -0.39 is 21.5 Å². The van der Waals surface area contributed by atoms with Crippen LogP contribution in [0.25, 0.3) is 0 Å². The third kappa shape index (κ3) is 3.46. The van der Waals surface area contributed by atoms with Crippen molar-refractivity contribution in [1.29, 1.82) is 0 Å². The topological polar surface area (TPSA) is 115 Å². The Hall–Kier alpha value is -1.12. The summed E-state index contributed by atoms with van der Waals surface area (Å²) in [7, 11) is -3.88. The molecule has 1 rings (SSSR count). The second-order valence-electron chi connectivity index (χ2n) is 4.73. The lowest BCUT2D eigenvalue weighted by Gasteiger charge is -2.22.